The number of halogens is 3. The minimum absolute atomic E-state index is 0.0173. The van der Waals surface area contributed by atoms with Gasteiger partial charge in [-0.05, 0) is 13.3 Å². The molecule has 11 heteroatoms. The van der Waals surface area contributed by atoms with Gasteiger partial charge in [0.15, 0.2) is 11.7 Å². The molecule has 0 saturated heterocycles. The summed E-state index contributed by atoms with van der Waals surface area (Å²) >= 11 is 0. The van der Waals surface area contributed by atoms with Gasteiger partial charge in [0.25, 0.3) is 5.91 Å². The van der Waals surface area contributed by atoms with Crippen LogP contribution in [0.4, 0.5) is 19.0 Å². The quantitative estimate of drug-likeness (QED) is 0.884. The van der Waals surface area contributed by atoms with E-state index in [-0.39, 0.29) is 30.0 Å². The number of rotatable bonds is 2. The molecule has 1 unspecified atom stereocenters. The summed E-state index contributed by atoms with van der Waals surface area (Å²) in [6.45, 7) is 1.32. The van der Waals surface area contributed by atoms with E-state index in [1.54, 1.807) is 0 Å². The van der Waals surface area contributed by atoms with Crippen LogP contribution in [0.15, 0.2) is 12.3 Å². The number of carboxylic acids is 1. The van der Waals surface area contributed by atoms with Crippen LogP contribution in [0.5, 0.6) is 0 Å². The Hall–Kier alpha value is -2.85. The average molecular weight is 357 g/mol. The van der Waals surface area contributed by atoms with Gasteiger partial charge >= 0.3 is 12.1 Å². The highest BCUT2D eigenvalue weighted by atomic mass is 19.4. The van der Waals surface area contributed by atoms with Gasteiger partial charge in [0.2, 0.25) is 0 Å². The molecule has 0 fully saturated rings. The SMILES string of the molecule is Cc1cc2n(n1)C(C(F)(F)F)CCN2C(=O)c1cnn(C)c1C(=O)O. The number of anilines is 1. The third kappa shape index (κ3) is 2.75. The van der Waals surface area contributed by atoms with E-state index in [0.717, 1.165) is 20.5 Å². The molecule has 1 aliphatic rings. The van der Waals surface area contributed by atoms with Gasteiger partial charge in [0.05, 0.1) is 17.5 Å². The van der Waals surface area contributed by atoms with E-state index >= 15 is 0 Å². The molecule has 0 aromatic carbocycles. The van der Waals surface area contributed by atoms with Crippen molar-refractivity contribution in [1.29, 1.82) is 0 Å². The van der Waals surface area contributed by atoms with Crippen molar-refractivity contribution < 1.29 is 27.9 Å². The molecule has 1 amide bonds. The van der Waals surface area contributed by atoms with Crippen LogP contribution in [0.3, 0.4) is 0 Å². The summed E-state index contributed by atoms with van der Waals surface area (Å²) in [6.07, 6.45) is -3.77. The molecule has 2 aromatic rings. The Morgan fingerprint density at radius 3 is 2.64 bits per heavy atom. The number of fused-ring (bicyclic) bond motifs is 1. The summed E-state index contributed by atoms with van der Waals surface area (Å²) in [6, 6.07) is -0.458. The molecule has 3 heterocycles. The zero-order chi connectivity index (χ0) is 18.5. The molecule has 25 heavy (non-hydrogen) atoms. The van der Waals surface area contributed by atoms with Crippen LogP contribution < -0.4 is 4.90 Å². The topological polar surface area (TPSA) is 93.3 Å². The number of amides is 1. The normalized spacial score (nSPS) is 17.5. The number of aromatic nitrogens is 4. The summed E-state index contributed by atoms with van der Waals surface area (Å²) in [5.41, 5.74) is -0.190. The number of hydrogen-bond donors (Lipinski definition) is 1. The summed E-state index contributed by atoms with van der Waals surface area (Å²) < 4.78 is 41.4. The molecule has 3 rings (SSSR count). The Morgan fingerprint density at radius 2 is 2.04 bits per heavy atom. The maximum atomic E-state index is 13.2. The summed E-state index contributed by atoms with van der Waals surface area (Å²) in [7, 11) is 1.37. The van der Waals surface area contributed by atoms with Crippen molar-refractivity contribution in [3.8, 4) is 0 Å². The zero-order valence-corrected chi connectivity index (χ0v) is 13.3. The van der Waals surface area contributed by atoms with Gasteiger partial charge in [-0.15, -0.1) is 0 Å². The first-order valence-electron chi connectivity index (χ1n) is 7.31. The van der Waals surface area contributed by atoms with Gasteiger partial charge in [0, 0.05) is 19.7 Å². The van der Waals surface area contributed by atoms with Crippen molar-refractivity contribution in [3.05, 3.63) is 29.2 Å². The zero-order valence-electron chi connectivity index (χ0n) is 13.3. The second-order valence-electron chi connectivity index (χ2n) is 5.73. The van der Waals surface area contributed by atoms with Crippen LogP contribution in [0.1, 0.15) is 39.0 Å². The molecule has 0 aliphatic carbocycles. The molecule has 2 aromatic heterocycles. The Bertz CT molecular complexity index is 855. The predicted molar refractivity (Wildman–Crippen MR) is 78.5 cm³/mol. The number of aryl methyl sites for hydroxylation is 2. The van der Waals surface area contributed by atoms with Crippen molar-refractivity contribution in [3.63, 3.8) is 0 Å². The van der Waals surface area contributed by atoms with Gasteiger partial charge in [-0.2, -0.15) is 23.4 Å². The van der Waals surface area contributed by atoms with E-state index in [2.05, 4.69) is 10.2 Å². The first kappa shape index (κ1) is 17.0. The van der Waals surface area contributed by atoms with Crippen molar-refractivity contribution in [1.82, 2.24) is 19.6 Å². The summed E-state index contributed by atoms with van der Waals surface area (Å²) in [5, 5.41) is 16.8. The fraction of sp³-hybridized carbons (Fsp3) is 0.429. The number of alkyl halides is 3. The average Bonchev–Trinajstić information content (AvgIpc) is 3.06. The lowest BCUT2D eigenvalue weighted by Crippen LogP contribution is -2.43. The second-order valence-corrected chi connectivity index (χ2v) is 5.73. The van der Waals surface area contributed by atoms with E-state index in [0.29, 0.717) is 5.69 Å². The Labute approximate surface area is 139 Å². The Morgan fingerprint density at radius 1 is 1.36 bits per heavy atom. The highest BCUT2D eigenvalue weighted by molar-refractivity contribution is 6.11. The lowest BCUT2D eigenvalue weighted by atomic mass is 10.1. The molecule has 8 nitrogen and oxygen atoms in total. The van der Waals surface area contributed by atoms with Crippen molar-refractivity contribution in [2.45, 2.75) is 25.6 Å². The van der Waals surface area contributed by atoms with E-state index in [4.69, 9.17) is 0 Å². The van der Waals surface area contributed by atoms with Crippen LogP contribution in [0.25, 0.3) is 0 Å². The maximum Gasteiger partial charge on any atom is 0.410 e. The van der Waals surface area contributed by atoms with E-state index in [1.807, 2.05) is 0 Å². The highest BCUT2D eigenvalue weighted by Gasteiger charge is 2.46. The van der Waals surface area contributed by atoms with Crippen LogP contribution in [-0.2, 0) is 7.05 Å². The highest BCUT2D eigenvalue weighted by Crippen LogP contribution is 2.39. The van der Waals surface area contributed by atoms with E-state index < -0.39 is 24.1 Å². The molecule has 0 saturated carbocycles. The van der Waals surface area contributed by atoms with E-state index in [1.165, 1.54) is 20.0 Å². The third-order valence-corrected chi connectivity index (χ3v) is 4.03. The van der Waals surface area contributed by atoms with Gasteiger partial charge in [0.1, 0.15) is 5.82 Å². The van der Waals surface area contributed by atoms with Gasteiger partial charge in [-0.1, -0.05) is 0 Å². The standard InChI is InChI=1S/C14H14F3N5O3/c1-7-5-10-21(4-3-9(14(15,16)17)22(10)19-7)12(23)8-6-18-20(2)11(8)13(24)25/h5-6,9H,3-4H2,1-2H3,(H,24,25). The first-order valence-corrected chi connectivity index (χ1v) is 7.31. The number of carbonyl (C=O) groups is 2. The Kier molecular flexibility index (Phi) is 3.81. The molecule has 1 atom stereocenters. The molecule has 134 valence electrons. The van der Waals surface area contributed by atoms with Gasteiger partial charge in [-0.3, -0.25) is 14.4 Å². The van der Waals surface area contributed by atoms with Crippen molar-refractivity contribution in [2.75, 3.05) is 11.4 Å². The number of aromatic carboxylic acids is 1. The minimum atomic E-state index is -4.50. The van der Waals surface area contributed by atoms with E-state index in [9.17, 15) is 27.9 Å². The fourth-order valence-corrected chi connectivity index (χ4v) is 2.92. The molecular weight excluding hydrogens is 343 g/mol. The lowest BCUT2D eigenvalue weighted by molar-refractivity contribution is -0.172. The van der Waals surface area contributed by atoms with Crippen LogP contribution in [0, 0.1) is 6.92 Å². The Balaban J connectivity index is 2.04. The fourth-order valence-electron chi connectivity index (χ4n) is 2.92. The van der Waals surface area contributed by atoms with Gasteiger partial charge in [-0.25, -0.2) is 9.48 Å². The second kappa shape index (κ2) is 5.60. The summed E-state index contributed by atoms with van der Waals surface area (Å²) in [4.78, 5) is 25.2. The maximum absolute atomic E-state index is 13.2. The largest absolute Gasteiger partial charge is 0.477 e. The van der Waals surface area contributed by atoms with Crippen LogP contribution >= 0.6 is 0 Å². The minimum Gasteiger partial charge on any atom is -0.477 e. The third-order valence-electron chi connectivity index (χ3n) is 4.03. The molecular formula is C14H14F3N5O3. The molecule has 0 bridgehead atoms. The van der Waals surface area contributed by atoms with Crippen molar-refractivity contribution in [2.24, 2.45) is 7.05 Å². The number of carboxylic acid groups (broad SMARTS) is 1. The molecule has 1 aliphatic heterocycles. The monoisotopic (exact) mass is 357 g/mol. The number of hydrogen-bond acceptors (Lipinski definition) is 4. The van der Waals surface area contributed by atoms with Crippen LogP contribution in [-0.4, -0.2) is 49.3 Å². The summed E-state index contributed by atoms with van der Waals surface area (Å²) in [5.74, 6) is -2.10. The predicted octanol–water partition coefficient (Wildman–Crippen LogP) is 1.78. The van der Waals surface area contributed by atoms with Crippen LogP contribution in [0.2, 0.25) is 0 Å². The molecule has 0 radical (unpaired) electrons. The molecule has 1 N–H and O–H groups in total. The number of nitrogens with zero attached hydrogens (tertiary/aromatic N) is 5. The lowest BCUT2D eigenvalue weighted by Gasteiger charge is -2.33. The van der Waals surface area contributed by atoms with Crippen molar-refractivity contribution >= 4 is 17.7 Å². The van der Waals surface area contributed by atoms with Gasteiger partial charge < -0.3 is 5.11 Å². The smallest absolute Gasteiger partial charge is 0.410 e. The molecule has 0 spiro atoms. The first-order chi connectivity index (χ1) is 11.6. The number of carbonyl (C=O) groups excluding carboxylic acids is 1.